The van der Waals surface area contributed by atoms with E-state index in [1.807, 2.05) is 5.32 Å². The molecule has 0 radical (unpaired) electrons. The lowest BCUT2D eigenvalue weighted by molar-refractivity contribution is 0.138. The summed E-state index contributed by atoms with van der Waals surface area (Å²) in [5.41, 5.74) is 0. The van der Waals surface area contributed by atoms with E-state index in [9.17, 15) is 9.18 Å². The molecule has 4 nitrogen and oxygen atoms in total. The Balaban J connectivity index is 3.61. The molecule has 0 aliphatic rings. The van der Waals surface area contributed by atoms with E-state index in [-0.39, 0.29) is 0 Å². The molecule has 0 spiro atoms. The van der Waals surface area contributed by atoms with E-state index < -0.39 is 24.9 Å². The smallest absolute Gasteiger partial charge is 0.404 e. The van der Waals surface area contributed by atoms with E-state index in [2.05, 4.69) is 0 Å². The van der Waals surface area contributed by atoms with Gasteiger partial charge in [0.05, 0.1) is 12.6 Å². The first kappa shape index (κ1) is 9.16. The molecule has 0 aliphatic heterocycles. The number of hydrogen-bond acceptors (Lipinski definition) is 2. The average Bonchev–Trinajstić information content (AvgIpc) is 1.85. The third-order valence-corrected chi connectivity index (χ3v) is 1.07. The highest BCUT2D eigenvalue weighted by atomic mass is 19.1. The predicted octanol–water partition coefficient (Wildman–Crippen LogP) is -0.0271. The van der Waals surface area contributed by atoms with Crippen LogP contribution >= 0.6 is 0 Å². The number of aliphatic hydroxyl groups excluding tert-OH is 1. The molecule has 0 aromatic rings. The van der Waals surface area contributed by atoms with Crippen LogP contribution in [0.4, 0.5) is 9.18 Å². The van der Waals surface area contributed by atoms with Gasteiger partial charge in [0.25, 0.3) is 0 Å². The maximum absolute atomic E-state index is 12.3. The molecule has 1 amide bonds. The quantitative estimate of drug-likeness (QED) is 0.530. The lowest BCUT2D eigenvalue weighted by Crippen LogP contribution is -2.39. The van der Waals surface area contributed by atoms with Crippen molar-refractivity contribution in [1.29, 1.82) is 0 Å². The summed E-state index contributed by atoms with van der Waals surface area (Å²) in [6.45, 7) is 0.677. The summed E-state index contributed by atoms with van der Waals surface area (Å²) in [6.07, 6.45) is -2.82. The molecule has 0 saturated heterocycles. The molecular weight excluding hydrogens is 141 g/mol. The minimum Gasteiger partial charge on any atom is -0.465 e. The highest BCUT2D eigenvalue weighted by Crippen LogP contribution is 1.95. The van der Waals surface area contributed by atoms with Gasteiger partial charge in [-0.25, -0.2) is 9.18 Å². The number of hydrogen-bond donors (Lipinski definition) is 3. The van der Waals surface area contributed by atoms with Gasteiger partial charge in [-0.1, -0.05) is 0 Å². The number of alkyl halides is 1. The summed E-state index contributed by atoms with van der Waals surface area (Å²) in [6, 6.07) is -0.859. The first-order valence-corrected chi connectivity index (χ1v) is 2.82. The van der Waals surface area contributed by atoms with Crippen LogP contribution in [0.15, 0.2) is 0 Å². The number of carbonyl (C=O) groups is 1. The molecular formula is C5H10FNO3. The minimum atomic E-state index is -1.53. The van der Waals surface area contributed by atoms with E-state index >= 15 is 0 Å². The van der Waals surface area contributed by atoms with Gasteiger partial charge in [0.1, 0.15) is 6.17 Å². The van der Waals surface area contributed by atoms with E-state index in [0.717, 1.165) is 0 Å². The fraction of sp³-hybridized carbons (Fsp3) is 0.800. The molecule has 5 heteroatoms. The van der Waals surface area contributed by atoms with Gasteiger partial charge >= 0.3 is 6.09 Å². The van der Waals surface area contributed by atoms with Crippen molar-refractivity contribution in [3.05, 3.63) is 0 Å². The second kappa shape index (κ2) is 4.05. The standard InChI is InChI=1S/C5H10FNO3/c1-3(4(6)2-8)7-5(9)10/h3-4,7-8H,2H2,1H3,(H,9,10)/t3-,4+/m1/s1. The topological polar surface area (TPSA) is 69.6 Å². The molecule has 0 bridgehead atoms. The number of aliphatic hydroxyl groups is 1. The van der Waals surface area contributed by atoms with Crippen molar-refractivity contribution in [1.82, 2.24) is 5.32 Å². The third-order valence-electron chi connectivity index (χ3n) is 1.07. The molecule has 3 N–H and O–H groups in total. The van der Waals surface area contributed by atoms with Crippen LogP contribution in [0.3, 0.4) is 0 Å². The third kappa shape index (κ3) is 3.24. The lowest BCUT2D eigenvalue weighted by atomic mass is 10.2. The largest absolute Gasteiger partial charge is 0.465 e. The summed E-state index contributed by atoms with van der Waals surface area (Å²) >= 11 is 0. The Bertz CT molecular complexity index is 119. The fourth-order valence-corrected chi connectivity index (χ4v) is 0.443. The van der Waals surface area contributed by atoms with Gasteiger partial charge in [0.2, 0.25) is 0 Å². The van der Waals surface area contributed by atoms with Crippen LogP contribution < -0.4 is 5.32 Å². The molecule has 0 aliphatic carbocycles. The van der Waals surface area contributed by atoms with Crippen LogP contribution in [0, 0.1) is 0 Å². The van der Waals surface area contributed by atoms with Gasteiger partial charge in [0, 0.05) is 0 Å². The minimum absolute atomic E-state index is 0.665. The molecule has 0 rings (SSSR count). The molecule has 10 heavy (non-hydrogen) atoms. The molecule has 60 valence electrons. The van der Waals surface area contributed by atoms with Gasteiger partial charge in [-0.2, -0.15) is 0 Å². The summed E-state index contributed by atoms with van der Waals surface area (Å²) in [5.74, 6) is 0. The lowest BCUT2D eigenvalue weighted by Gasteiger charge is -2.13. The van der Waals surface area contributed by atoms with Crippen molar-refractivity contribution < 1.29 is 19.4 Å². The van der Waals surface area contributed by atoms with Gasteiger partial charge in [0.15, 0.2) is 0 Å². The van der Waals surface area contributed by atoms with Gasteiger partial charge in [-0.15, -0.1) is 0 Å². The molecule has 0 heterocycles. The summed E-state index contributed by atoms with van der Waals surface area (Å²) in [5, 5.41) is 18.2. The first-order chi connectivity index (χ1) is 4.57. The molecule has 0 unspecified atom stereocenters. The number of nitrogens with one attached hydrogen (secondary N) is 1. The number of halogens is 1. The van der Waals surface area contributed by atoms with Crippen LogP contribution in [-0.4, -0.2) is 35.1 Å². The summed E-state index contributed by atoms with van der Waals surface area (Å²) < 4.78 is 12.3. The second-order valence-corrected chi connectivity index (χ2v) is 1.94. The Labute approximate surface area is 57.7 Å². The van der Waals surface area contributed by atoms with E-state index in [1.165, 1.54) is 6.92 Å². The Morgan fingerprint density at radius 1 is 1.80 bits per heavy atom. The van der Waals surface area contributed by atoms with Gasteiger partial charge in [-0.05, 0) is 6.92 Å². The Morgan fingerprint density at radius 3 is 2.60 bits per heavy atom. The first-order valence-electron chi connectivity index (χ1n) is 2.82. The van der Waals surface area contributed by atoms with Crippen LogP contribution in [0.25, 0.3) is 0 Å². The molecule has 0 aromatic heterocycles. The van der Waals surface area contributed by atoms with E-state index in [4.69, 9.17) is 10.2 Å². The second-order valence-electron chi connectivity index (χ2n) is 1.94. The van der Waals surface area contributed by atoms with E-state index in [0.29, 0.717) is 0 Å². The summed E-state index contributed by atoms with van der Waals surface area (Å²) in [4.78, 5) is 9.87. The van der Waals surface area contributed by atoms with Gasteiger partial charge in [-0.3, -0.25) is 0 Å². The number of rotatable bonds is 3. The molecule has 0 saturated carbocycles. The summed E-state index contributed by atoms with van der Waals surface area (Å²) in [7, 11) is 0. The van der Waals surface area contributed by atoms with Crippen molar-refractivity contribution >= 4 is 6.09 Å². The van der Waals surface area contributed by atoms with Crippen LogP contribution in [0.2, 0.25) is 0 Å². The Morgan fingerprint density at radius 2 is 2.30 bits per heavy atom. The zero-order valence-electron chi connectivity index (χ0n) is 5.54. The SMILES string of the molecule is C[C@@H](NC(=O)O)[C@@H](F)CO. The maximum atomic E-state index is 12.3. The van der Waals surface area contributed by atoms with Crippen molar-refractivity contribution in [3.8, 4) is 0 Å². The number of carboxylic acid groups (broad SMARTS) is 1. The Kier molecular flexibility index (Phi) is 3.71. The zero-order valence-corrected chi connectivity index (χ0v) is 5.54. The predicted molar refractivity (Wildman–Crippen MR) is 32.6 cm³/mol. The van der Waals surface area contributed by atoms with E-state index in [1.54, 1.807) is 0 Å². The Hall–Kier alpha value is -0.840. The zero-order chi connectivity index (χ0) is 8.15. The average molecular weight is 151 g/mol. The van der Waals surface area contributed by atoms with Crippen molar-refractivity contribution in [2.24, 2.45) is 0 Å². The molecule has 2 atom stereocenters. The maximum Gasteiger partial charge on any atom is 0.404 e. The highest BCUT2D eigenvalue weighted by molar-refractivity contribution is 5.64. The normalized spacial score (nSPS) is 15.9. The van der Waals surface area contributed by atoms with Crippen molar-refractivity contribution in [2.75, 3.05) is 6.61 Å². The highest BCUT2D eigenvalue weighted by Gasteiger charge is 2.15. The van der Waals surface area contributed by atoms with Crippen LogP contribution in [-0.2, 0) is 0 Å². The molecule has 0 aromatic carbocycles. The van der Waals surface area contributed by atoms with Crippen molar-refractivity contribution in [3.63, 3.8) is 0 Å². The van der Waals surface area contributed by atoms with Crippen LogP contribution in [0.5, 0.6) is 0 Å². The number of amides is 1. The van der Waals surface area contributed by atoms with Crippen LogP contribution in [0.1, 0.15) is 6.92 Å². The van der Waals surface area contributed by atoms with Crippen molar-refractivity contribution in [2.45, 2.75) is 19.1 Å². The van der Waals surface area contributed by atoms with Gasteiger partial charge < -0.3 is 15.5 Å². The monoisotopic (exact) mass is 151 g/mol. The fourth-order valence-electron chi connectivity index (χ4n) is 0.443. The molecule has 0 fully saturated rings.